The average Bonchev–Trinajstić information content (AvgIpc) is 2.19. The van der Waals surface area contributed by atoms with E-state index < -0.39 is 0 Å². The molecule has 0 aromatic heterocycles. The van der Waals surface area contributed by atoms with Crippen molar-refractivity contribution in [1.29, 1.82) is 5.26 Å². The molecule has 72 valence electrons. The summed E-state index contributed by atoms with van der Waals surface area (Å²) in [4.78, 5) is 11.1. The lowest BCUT2D eigenvalue weighted by Gasteiger charge is -2.06. The number of aliphatic hydroxyl groups is 1. The largest absolute Gasteiger partial charge is 0.392 e. The van der Waals surface area contributed by atoms with Crippen molar-refractivity contribution in [3.8, 4) is 6.07 Å². The Morgan fingerprint density at radius 2 is 2.21 bits per heavy atom. The van der Waals surface area contributed by atoms with Crippen molar-refractivity contribution in [3.05, 3.63) is 29.8 Å². The molecule has 0 unspecified atom stereocenters. The number of amides is 1. The van der Waals surface area contributed by atoms with Gasteiger partial charge in [-0.3, -0.25) is 4.79 Å². The Labute approximate surface area is 81.8 Å². The lowest BCUT2D eigenvalue weighted by molar-refractivity contribution is -0.115. The SMILES string of the molecule is N#CCC(=O)Nc1ccccc1CO. The first-order chi connectivity index (χ1) is 6.77. The zero-order valence-corrected chi connectivity index (χ0v) is 7.53. The van der Waals surface area contributed by atoms with Gasteiger partial charge in [-0.25, -0.2) is 0 Å². The van der Waals surface area contributed by atoms with Gasteiger partial charge in [0.2, 0.25) is 5.91 Å². The average molecular weight is 190 g/mol. The minimum atomic E-state index is -0.367. The molecule has 1 amide bonds. The number of nitriles is 1. The van der Waals surface area contributed by atoms with Gasteiger partial charge in [0, 0.05) is 11.3 Å². The van der Waals surface area contributed by atoms with Crippen molar-refractivity contribution >= 4 is 11.6 Å². The maximum Gasteiger partial charge on any atom is 0.238 e. The van der Waals surface area contributed by atoms with Crippen LogP contribution in [0.4, 0.5) is 5.69 Å². The molecule has 14 heavy (non-hydrogen) atoms. The summed E-state index contributed by atoms with van der Waals surface area (Å²) in [6.07, 6.45) is -0.181. The van der Waals surface area contributed by atoms with E-state index in [9.17, 15) is 4.79 Å². The third kappa shape index (κ3) is 2.57. The van der Waals surface area contributed by atoms with Crippen LogP contribution in [0.15, 0.2) is 24.3 Å². The maximum atomic E-state index is 11.1. The third-order valence-corrected chi connectivity index (χ3v) is 1.70. The van der Waals surface area contributed by atoms with Gasteiger partial charge in [-0.1, -0.05) is 18.2 Å². The highest BCUT2D eigenvalue weighted by Crippen LogP contribution is 2.14. The fraction of sp³-hybridized carbons (Fsp3) is 0.200. The van der Waals surface area contributed by atoms with Crippen molar-refractivity contribution in [2.24, 2.45) is 0 Å². The summed E-state index contributed by atoms with van der Waals surface area (Å²) >= 11 is 0. The molecule has 1 aromatic carbocycles. The van der Waals surface area contributed by atoms with Crippen LogP contribution in [0.1, 0.15) is 12.0 Å². The molecule has 0 saturated heterocycles. The van der Waals surface area contributed by atoms with Crippen LogP contribution in [0.3, 0.4) is 0 Å². The van der Waals surface area contributed by atoms with Crippen molar-refractivity contribution < 1.29 is 9.90 Å². The van der Waals surface area contributed by atoms with Gasteiger partial charge in [-0.2, -0.15) is 5.26 Å². The maximum absolute atomic E-state index is 11.1. The summed E-state index contributed by atoms with van der Waals surface area (Å²) in [5.41, 5.74) is 1.19. The van der Waals surface area contributed by atoms with Gasteiger partial charge < -0.3 is 10.4 Å². The first-order valence-corrected chi connectivity index (χ1v) is 4.13. The first-order valence-electron chi connectivity index (χ1n) is 4.13. The minimum Gasteiger partial charge on any atom is -0.392 e. The Hall–Kier alpha value is -1.86. The monoisotopic (exact) mass is 190 g/mol. The quantitative estimate of drug-likeness (QED) is 0.747. The molecule has 1 aromatic rings. The van der Waals surface area contributed by atoms with E-state index in [1.807, 2.05) is 0 Å². The Bertz CT molecular complexity index is 369. The highest BCUT2D eigenvalue weighted by molar-refractivity contribution is 5.92. The number of carbonyl (C=O) groups excluding carboxylic acids is 1. The summed E-state index contributed by atoms with van der Waals surface area (Å²) in [5.74, 6) is -0.367. The summed E-state index contributed by atoms with van der Waals surface area (Å²) in [6.45, 7) is -0.136. The van der Waals surface area contributed by atoms with Crippen molar-refractivity contribution in [2.75, 3.05) is 5.32 Å². The fourth-order valence-electron chi connectivity index (χ4n) is 1.05. The molecule has 4 heteroatoms. The van der Waals surface area contributed by atoms with Gasteiger partial charge in [0.05, 0.1) is 12.7 Å². The molecule has 4 nitrogen and oxygen atoms in total. The Morgan fingerprint density at radius 1 is 1.50 bits per heavy atom. The molecule has 0 fully saturated rings. The van der Waals surface area contributed by atoms with E-state index >= 15 is 0 Å². The van der Waals surface area contributed by atoms with E-state index in [0.717, 1.165) is 0 Å². The third-order valence-electron chi connectivity index (χ3n) is 1.70. The lowest BCUT2D eigenvalue weighted by atomic mass is 10.2. The number of nitrogens with one attached hydrogen (secondary N) is 1. The van der Waals surface area contributed by atoms with E-state index in [2.05, 4.69) is 5.32 Å². The minimum absolute atomic E-state index is 0.136. The summed E-state index contributed by atoms with van der Waals surface area (Å²) in [7, 11) is 0. The van der Waals surface area contributed by atoms with E-state index in [4.69, 9.17) is 10.4 Å². The van der Waals surface area contributed by atoms with Crippen LogP contribution in [0.2, 0.25) is 0 Å². The molecule has 1 rings (SSSR count). The molecule has 0 aliphatic carbocycles. The van der Waals surface area contributed by atoms with Gasteiger partial charge in [0.25, 0.3) is 0 Å². The molecule has 2 N–H and O–H groups in total. The van der Waals surface area contributed by atoms with Crippen LogP contribution in [0.5, 0.6) is 0 Å². The number of carbonyl (C=O) groups is 1. The van der Waals surface area contributed by atoms with Gasteiger partial charge in [0.1, 0.15) is 6.42 Å². The van der Waals surface area contributed by atoms with Crippen LogP contribution in [-0.2, 0) is 11.4 Å². The fourth-order valence-corrected chi connectivity index (χ4v) is 1.05. The summed E-state index contributed by atoms with van der Waals surface area (Å²) in [6, 6.07) is 8.66. The Kier molecular flexibility index (Phi) is 3.65. The molecule has 0 atom stereocenters. The van der Waals surface area contributed by atoms with Gasteiger partial charge >= 0.3 is 0 Å². The van der Waals surface area contributed by atoms with Crippen LogP contribution < -0.4 is 5.32 Å². The van der Waals surface area contributed by atoms with Gasteiger partial charge in [-0.15, -0.1) is 0 Å². The predicted octanol–water partition coefficient (Wildman–Crippen LogP) is 1.03. The van der Waals surface area contributed by atoms with Crippen LogP contribution >= 0.6 is 0 Å². The van der Waals surface area contributed by atoms with Crippen LogP contribution in [0, 0.1) is 11.3 Å². The molecule has 0 aliphatic heterocycles. The number of aliphatic hydroxyl groups excluding tert-OH is 1. The van der Waals surface area contributed by atoms with Crippen LogP contribution in [-0.4, -0.2) is 11.0 Å². The number of anilines is 1. The molecule has 0 radical (unpaired) electrons. The molecule has 0 saturated carbocycles. The molecule has 0 spiro atoms. The van der Waals surface area contributed by atoms with E-state index in [1.165, 1.54) is 0 Å². The van der Waals surface area contributed by atoms with Crippen molar-refractivity contribution in [3.63, 3.8) is 0 Å². The number of nitrogens with zero attached hydrogens (tertiary/aromatic N) is 1. The van der Waals surface area contributed by atoms with Crippen LogP contribution in [0.25, 0.3) is 0 Å². The number of rotatable bonds is 3. The normalized spacial score (nSPS) is 9.14. The zero-order chi connectivity index (χ0) is 10.4. The first kappa shape index (κ1) is 10.2. The van der Waals surface area contributed by atoms with E-state index in [1.54, 1.807) is 30.3 Å². The summed E-state index contributed by atoms with van der Waals surface area (Å²) in [5, 5.41) is 19.8. The number of benzene rings is 1. The highest BCUT2D eigenvalue weighted by atomic mass is 16.3. The standard InChI is InChI=1S/C10H10N2O2/c11-6-5-10(14)12-9-4-2-1-3-8(9)7-13/h1-4,13H,5,7H2,(H,12,14). The number of hydrogen-bond acceptors (Lipinski definition) is 3. The molecular formula is C10H10N2O2. The topological polar surface area (TPSA) is 73.1 Å². The van der Waals surface area contributed by atoms with E-state index in [-0.39, 0.29) is 18.9 Å². The second-order valence-corrected chi connectivity index (χ2v) is 2.70. The predicted molar refractivity (Wildman–Crippen MR) is 51.2 cm³/mol. The molecule has 0 heterocycles. The number of para-hydroxylation sites is 1. The zero-order valence-electron chi connectivity index (χ0n) is 7.53. The molecule has 0 aliphatic rings. The molecular weight excluding hydrogens is 180 g/mol. The number of hydrogen-bond donors (Lipinski definition) is 2. The van der Waals surface area contributed by atoms with Gasteiger partial charge in [0.15, 0.2) is 0 Å². The highest BCUT2D eigenvalue weighted by Gasteiger charge is 2.04. The Morgan fingerprint density at radius 3 is 2.86 bits per heavy atom. The second kappa shape index (κ2) is 5.00. The van der Waals surface area contributed by atoms with Gasteiger partial charge in [-0.05, 0) is 6.07 Å². The smallest absolute Gasteiger partial charge is 0.238 e. The molecule has 0 bridgehead atoms. The van der Waals surface area contributed by atoms with Crippen molar-refractivity contribution in [1.82, 2.24) is 0 Å². The van der Waals surface area contributed by atoms with Crippen molar-refractivity contribution in [2.45, 2.75) is 13.0 Å². The Balaban J connectivity index is 2.76. The lowest BCUT2D eigenvalue weighted by Crippen LogP contribution is -2.11. The summed E-state index contributed by atoms with van der Waals surface area (Å²) < 4.78 is 0. The van der Waals surface area contributed by atoms with E-state index in [0.29, 0.717) is 11.3 Å². The second-order valence-electron chi connectivity index (χ2n) is 2.70.